The van der Waals surface area contributed by atoms with E-state index in [0.29, 0.717) is 17.1 Å². The van der Waals surface area contributed by atoms with Gasteiger partial charge in [0.15, 0.2) is 0 Å². The van der Waals surface area contributed by atoms with Crippen LogP contribution >= 0.6 is 22.9 Å². The standard InChI is InChI=1S/C17H18ClN5O2S/c1-8-4-5-10-12(6-8)26-16-13(10)17(25)23(9(2)20-16)21-15(24)14-11(18)7-19-22(14)3/h7-8H,4-6H2,1-3H3,(H,21,24)/t8-/m1/s1. The van der Waals surface area contributed by atoms with Gasteiger partial charge in [-0.2, -0.15) is 5.10 Å². The third-order valence-electron chi connectivity index (χ3n) is 4.82. The SMILES string of the molecule is Cc1nc2sc3c(c2c(=O)n1NC(=O)c1c(Cl)cnn1C)CC[C@@H](C)C3. The molecule has 1 N–H and O–H groups in total. The highest BCUT2D eigenvalue weighted by Crippen LogP contribution is 2.35. The average molecular weight is 392 g/mol. The van der Waals surface area contributed by atoms with Crippen molar-refractivity contribution in [2.45, 2.75) is 33.1 Å². The van der Waals surface area contributed by atoms with Gasteiger partial charge in [0.25, 0.3) is 11.5 Å². The number of hydrogen-bond donors (Lipinski definition) is 1. The largest absolute Gasteiger partial charge is 0.290 e. The van der Waals surface area contributed by atoms with E-state index in [2.05, 4.69) is 22.4 Å². The average Bonchev–Trinajstić information content (AvgIpc) is 3.10. The summed E-state index contributed by atoms with van der Waals surface area (Å²) in [4.78, 5) is 32.2. The highest BCUT2D eigenvalue weighted by Gasteiger charge is 2.25. The summed E-state index contributed by atoms with van der Waals surface area (Å²) in [6, 6.07) is 0. The number of amides is 1. The number of halogens is 1. The maximum atomic E-state index is 13.1. The zero-order chi connectivity index (χ0) is 18.6. The molecule has 0 aromatic carbocycles. The molecule has 3 aromatic heterocycles. The predicted molar refractivity (Wildman–Crippen MR) is 102 cm³/mol. The molecule has 4 rings (SSSR count). The van der Waals surface area contributed by atoms with Crippen LogP contribution in [0.15, 0.2) is 11.0 Å². The third kappa shape index (κ3) is 2.64. The molecule has 0 saturated carbocycles. The summed E-state index contributed by atoms with van der Waals surface area (Å²) in [5, 5.41) is 4.81. The quantitative estimate of drug-likeness (QED) is 0.728. The van der Waals surface area contributed by atoms with Crippen LogP contribution in [-0.4, -0.2) is 25.3 Å². The highest BCUT2D eigenvalue weighted by molar-refractivity contribution is 7.18. The summed E-state index contributed by atoms with van der Waals surface area (Å²) in [7, 11) is 1.62. The number of thiophene rings is 1. The Bertz CT molecular complexity index is 1080. The molecule has 7 nitrogen and oxygen atoms in total. The normalized spacial score (nSPS) is 16.7. The summed E-state index contributed by atoms with van der Waals surface area (Å²) in [5.41, 5.74) is 3.66. The zero-order valence-corrected chi connectivity index (χ0v) is 16.2. The lowest BCUT2D eigenvalue weighted by atomic mass is 9.89. The lowest BCUT2D eigenvalue weighted by Gasteiger charge is -2.17. The number of carbonyl (C=O) groups excluding carboxylic acids is 1. The Hall–Kier alpha value is -2.19. The summed E-state index contributed by atoms with van der Waals surface area (Å²) in [6.07, 6.45) is 4.30. The molecular formula is C17H18ClN5O2S. The molecule has 0 spiro atoms. The minimum Gasteiger partial charge on any atom is -0.267 e. The van der Waals surface area contributed by atoms with Crippen molar-refractivity contribution in [3.8, 4) is 0 Å². The Labute approximate surface area is 158 Å². The highest BCUT2D eigenvalue weighted by atomic mass is 35.5. The Morgan fingerprint density at radius 3 is 2.92 bits per heavy atom. The van der Waals surface area contributed by atoms with E-state index in [1.54, 1.807) is 25.3 Å². The van der Waals surface area contributed by atoms with Gasteiger partial charge >= 0.3 is 0 Å². The first-order valence-electron chi connectivity index (χ1n) is 8.39. The van der Waals surface area contributed by atoms with E-state index in [9.17, 15) is 9.59 Å². The van der Waals surface area contributed by atoms with Crippen molar-refractivity contribution in [1.29, 1.82) is 0 Å². The molecule has 0 bridgehead atoms. The molecule has 0 radical (unpaired) electrons. The number of hydrogen-bond acceptors (Lipinski definition) is 5. The fourth-order valence-corrected chi connectivity index (χ4v) is 5.11. The number of carbonyl (C=O) groups is 1. The molecule has 0 saturated heterocycles. The zero-order valence-electron chi connectivity index (χ0n) is 14.7. The molecule has 0 aliphatic heterocycles. The van der Waals surface area contributed by atoms with Crippen LogP contribution in [0.5, 0.6) is 0 Å². The Balaban J connectivity index is 1.81. The second kappa shape index (κ2) is 6.21. The Morgan fingerprint density at radius 2 is 2.23 bits per heavy atom. The molecular weight excluding hydrogens is 374 g/mol. The molecule has 3 heterocycles. The van der Waals surface area contributed by atoms with E-state index < -0.39 is 5.91 Å². The first-order chi connectivity index (χ1) is 12.4. The monoisotopic (exact) mass is 391 g/mol. The van der Waals surface area contributed by atoms with Gasteiger partial charge in [0.2, 0.25) is 0 Å². The number of nitrogens with zero attached hydrogens (tertiary/aromatic N) is 4. The number of aryl methyl sites for hydroxylation is 3. The summed E-state index contributed by atoms with van der Waals surface area (Å²) in [6.45, 7) is 3.93. The van der Waals surface area contributed by atoms with Crippen LogP contribution in [-0.2, 0) is 19.9 Å². The van der Waals surface area contributed by atoms with E-state index in [1.807, 2.05) is 0 Å². The second-order valence-electron chi connectivity index (χ2n) is 6.74. The molecule has 26 heavy (non-hydrogen) atoms. The van der Waals surface area contributed by atoms with Gasteiger partial charge in [0.05, 0.1) is 16.6 Å². The van der Waals surface area contributed by atoms with E-state index in [0.717, 1.165) is 29.7 Å². The number of nitrogens with one attached hydrogen (secondary N) is 1. The molecule has 1 aliphatic carbocycles. The van der Waals surface area contributed by atoms with Crippen LogP contribution in [0.2, 0.25) is 5.02 Å². The van der Waals surface area contributed by atoms with Crippen LogP contribution in [0.4, 0.5) is 0 Å². The minimum atomic E-state index is -0.501. The van der Waals surface area contributed by atoms with E-state index >= 15 is 0 Å². The van der Waals surface area contributed by atoms with E-state index in [4.69, 9.17) is 11.6 Å². The minimum absolute atomic E-state index is 0.194. The van der Waals surface area contributed by atoms with Gasteiger partial charge in [-0.25, -0.2) is 9.66 Å². The molecule has 1 atom stereocenters. The summed E-state index contributed by atoms with van der Waals surface area (Å²) >= 11 is 7.62. The Kier molecular flexibility index (Phi) is 4.11. The molecule has 9 heteroatoms. The summed E-state index contributed by atoms with van der Waals surface area (Å²) in [5.74, 6) is 0.547. The molecule has 0 unspecified atom stereocenters. The van der Waals surface area contributed by atoms with Gasteiger partial charge in [-0.3, -0.25) is 19.7 Å². The van der Waals surface area contributed by atoms with Crippen molar-refractivity contribution in [2.75, 3.05) is 5.43 Å². The predicted octanol–water partition coefficient (Wildman–Crippen LogP) is 2.66. The maximum absolute atomic E-state index is 13.1. The lowest BCUT2D eigenvalue weighted by Crippen LogP contribution is -2.36. The van der Waals surface area contributed by atoms with Crippen LogP contribution in [0, 0.1) is 12.8 Å². The van der Waals surface area contributed by atoms with Crippen molar-refractivity contribution < 1.29 is 4.79 Å². The first-order valence-corrected chi connectivity index (χ1v) is 9.59. The third-order valence-corrected chi connectivity index (χ3v) is 6.24. The first kappa shape index (κ1) is 17.2. The molecule has 136 valence electrons. The van der Waals surface area contributed by atoms with Gasteiger partial charge in [0.1, 0.15) is 16.3 Å². The maximum Gasteiger partial charge on any atom is 0.290 e. The van der Waals surface area contributed by atoms with Gasteiger partial charge in [0, 0.05) is 11.9 Å². The fourth-order valence-electron chi connectivity index (χ4n) is 3.44. The Morgan fingerprint density at radius 1 is 1.46 bits per heavy atom. The second-order valence-corrected chi connectivity index (χ2v) is 8.23. The van der Waals surface area contributed by atoms with Gasteiger partial charge in [-0.15, -0.1) is 11.3 Å². The number of fused-ring (bicyclic) bond motifs is 3. The van der Waals surface area contributed by atoms with Crippen molar-refractivity contribution in [2.24, 2.45) is 13.0 Å². The smallest absolute Gasteiger partial charge is 0.267 e. The van der Waals surface area contributed by atoms with Crippen molar-refractivity contribution in [1.82, 2.24) is 19.4 Å². The van der Waals surface area contributed by atoms with E-state index in [1.165, 1.54) is 20.4 Å². The van der Waals surface area contributed by atoms with Crippen molar-refractivity contribution >= 4 is 39.1 Å². The molecule has 3 aromatic rings. The fraction of sp³-hybridized carbons (Fsp3) is 0.412. The van der Waals surface area contributed by atoms with Crippen molar-refractivity contribution in [3.63, 3.8) is 0 Å². The van der Waals surface area contributed by atoms with Gasteiger partial charge in [-0.05, 0) is 37.7 Å². The van der Waals surface area contributed by atoms with Crippen LogP contribution in [0.1, 0.15) is 40.1 Å². The van der Waals surface area contributed by atoms with Crippen molar-refractivity contribution in [3.05, 3.63) is 43.5 Å². The van der Waals surface area contributed by atoms with Gasteiger partial charge in [-0.1, -0.05) is 18.5 Å². The lowest BCUT2D eigenvalue weighted by molar-refractivity contribution is 0.0997. The van der Waals surface area contributed by atoms with Gasteiger partial charge < -0.3 is 0 Å². The topological polar surface area (TPSA) is 81.8 Å². The van der Waals surface area contributed by atoms with E-state index in [-0.39, 0.29) is 16.3 Å². The molecule has 1 aliphatic rings. The summed E-state index contributed by atoms with van der Waals surface area (Å²) < 4.78 is 2.58. The van der Waals surface area contributed by atoms with Crippen LogP contribution < -0.4 is 11.0 Å². The van der Waals surface area contributed by atoms with Crippen LogP contribution in [0.25, 0.3) is 10.2 Å². The molecule has 1 amide bonds. The molecule has 0 fully saturated rings. The number of aromatic nitrogens is 4. The van der Waals surface area contributed by atoms with Crippen LogP contribution in [0.3, 0.4) is 0 Å². The number of rotatable bonds is 2.